The van der Waals surface area contributed by atoms with E-state index in [9.17, 15) is 36.8 Å². The fourth-order valence-electron chi connectivity index (χ4n) is 5.40. The average Bonchev–Trinajstić information content (AvgIpc) is 3.89. The molecule has 0 spiro atoms. The standard InChI is InChI=1S/C34H36Cl2F2N4O10S/c1-49-11-10-39-9-2-12-53(47,48)40-22-6-7-23-24(14-22)33(45)42(32(23)44)18-31(43)51-29(15-25-26(35)16-41(46)17-27(25)36)21-5-8-28(52-34(37)38)30(13-21)50-19-20-3-4-20/h5-8,13-14,16-17,20,29,34,39-40H,2-4,9-12,15,18-19H2,1H3/t29-/m0/s1. The van der Waals surface area contributed by atoms with Gasteiger partial charge in [0.1, 0.15) is 22.7 Å². The maximum atomic E-state index is 13.5. The third-order valence-corrected chi connectivity index (χ3v) is 10.3. The number of benzene rings is 2. The summed E-state index contributed by atoms with van der Waals surface area (Å²) in [4.78, 5) is 40.7. The Morgan fingerprint density at radius 1 is 1.04 bits per heavy atom. The smallest absolute Gasteiger partial charge is 0.387 e. The summed E-state index contributed by atoms with van der Waals surface area (Å²) in [5.74, 6) is -2.96. The van der Waals surface area contributed by atoms with Crippen molar-refractivity contribution in [2.75, 3.05) is 50.4 Å². The Morgan fingerprint density at radius 2 is 1.75 bits per heavy atom. The van der Waals surface area contributed by atoms with Crippen molar-refractivity contribution in [1.82, 2.24) is 10.2 Å². The number of pyridine rings is 1. The van der Waals surface area contributed by atoms with Gasteiger partial charge >= 0.3 is 12.6 Å². The highest BCUT2D eigenvalue weighted by Gasteiger charge is 2.38. The number of methoxy groups -OCH3 is 1. The molecule has 2 heterocycles. The van der Waals surface area contributed by atoms with Crippen molar-refractivity contribution in [2.24, 2.45) is 5.92 Å². The number of hydrogen-bond donors (Lipinski definition) is 2. The van der Waals surface area contributed by atoms with Crippen LogP contribution >= 0.6 is 23.2 Å². The van der Waals surface area contributed by atoms with Crippen LogP contribution < -0.4 is 24.2 Å². The molecule has 2 amide bonds. The zero-order valence-corrected chi connectivity index (χ0v) is 30.6. The lowest BCUT2D eigenvalue weighted by molar-refractivity contribution is -0.605. The Morgan fingerprint density at radius 3 is 2.43 bits per heavy atom. The molecule has 286 valence electrons. The van der Waals surface area contributed by atoms with Crippen LogP contribution in [-0.2, 0) is 30.7 Å². The lowest BCUT2D eigenvalue weighted by atomic mass is 10.0. The number of aromatic nitrogens is 1. The number of esters is 1. The zero-order chi connectivity index (χ0) is 38.3. The molecule has 0 saturated heterocycles. The number of alkyl halides is 2. The lowest BCUT2D eigenvalue weighted by Gasteiger charge is -2.22. The first kappa shape index (κ1) is 39.9. The summed E-state index contributed by atoms with van der Waals surface area (Å²) in [5, 5.41) is 14.8. The number of carbonyl (C=O) groups excluding carboxylic acids is 3. The second-order valence-electron chi connectivity index (χ2n) is 12.3. The molecule has 1 atom stereocenters. The van der Waals surface area contributed by atoms with Gasteiger partial charge in [-0.25, -0.2) is 8.42 Å². The Balaban J connectivity index is 1.32. The third-order valence-electron chi connectivity index (χ3n) is 8.23. The van der Waals surface area contributed by atoms with Crippen molar-refractivity contribution in [2.45, 2.75) is 38.4 Å². The van der Waals surface area contributed by atoms with Crippen molar-refractivity contribution < 1.29 is 55.3 Å². The molecule has 14 nitrogen and oxygen atoms in total. The summed E-state index contributed by atoms with van der Waals surface area (Å²) in [5.41, 5.74) is 0.329. The predicted octanol–water partition coefficient (Wildman–Crippen LogP) is 4.51. The van der Waals surface area contributed by atoms with E-state index < -0.39 is 47.1 Å². The molecule has 53 heavy (non-hydrogen) atoms. The third kappa shape index (κ3) is 10.9. The fourth-order valence-corrected chi connectivity index (χ4v) is 7.11. The second-order valence-corrected chi connectivity index (χ2v) is 14.9. The first-order valence-corrected chi connectivity index (χ1v) is 18.8. The summed E-state index contributed by atoms with van der Waals surface area (Å²) in [6, 6.07) is 7.77. The number of carbonyl (C=O) groups is 3. The number of hydrogen-bond acceptors (Lipinski definition) is 11. The maximum Gasteiger partial charge on any atom is 0.387 e. The van der Waals surface area contributed by atoms with Crippen molar-refractivity contribution >= 4 is 56.7 Å². The average molecular weight is 802 g/mol. The van der Waals surface area contributed by atoms with E-state index in [2.05, 4.69) is 14.8 Å². The van der Waals surface area contributed by atoms with Gasteiger partial charge in [0.05, 0.1) is 30.1 Å². The van der Waals surface area contributed by atoms with Crippen LogP contribution in [0.2, 0.25) is 10.0 Å². The van der Waals surface area contributed by atoms with Gasteiger partial charge in [-0.2, -0.15) is 13.5 Å². The van der Waals surface area contributed by atoms with E-state index in [1.807, 2.05) is 0 Å². The minimum Gasteiger partial charge on any atom is -0.619 e. The highest BCUT2D eigenvalue weighted by Crippen LogP contribution is 2.38. The van der Waals surface area contributed by atoms with Gasteiger partial charge in [-0.05, 0) is 67.6 Å². The molecule has 5 rings (SSSR count). The van der Waals surface area contributed by atoms with Crippen molar-refractivity contribution in [3.05, 3.63) is 86.3 Å². The van der Waals surface area contributed by atoms with Crippen molar-refractivity contribution in [3.8, 4) is 11.5 Å². The fraction of sp³-hybridized carbons (Fsp3) is 0.412. The van der Waals surface area contributed by atoms with Crippen LogP contribution in [0.5, 0.6) is 11.5 Å². The SMILES string of the molecule is COCCNCCCS(=O)(=O)Nc1ccc2c(c1)C(=O)N(CC(=O)O[C@@H](Cc1c(Cl)c[n+]([O-])cc1Cl)c1ccc(OC(F)F)c(OCC3CC3)c1)C2=O. The van der Waals surface area contributed by atoms with Crippen molar-refractivity contribution in [3.63, 3.8) is 0 Å². The number of rotatable bonds is 20. The van der Waals surface area contributed by atoms with Crippen LogP contribution in [0, 0.1) is 11.1 Å². The summed E-state index contributed by atoms with van der Waals surface area (Å²) < 4.78 is 75.6. The van der Waals surface area contributed by atoms with E-state index in [4.69, 9.17) is 37.4 Å². The molecule has 1 aromatic heterocycles. The lowest BCUT2D eigenvalue weighted by Crippen LogP contribution is -2.36. The molecular weight excluding hydrogens is 765 g/mol. The molecule has 2 aromatic carbocycles. The molecule has 1 saturated carbocycles. The number of fused-ring (bicyclic) bond motifs is 1. The zero-order valence-electron chi connectivity index (χ0n) is 28.3. The minimum absolute atomic E-state index is 0.0380. The highest BCUT2D eigenvalue weighted by atomic mass is 35.5. The largest absolute Gasteiger partial charge is 0.619 e. The number of halogens is 4. The molecule has 1 aliphatic heterocycles. The summed E-state index contributed by atoms with van der Waals surface area (Å²) in [6.45, 7) is -2.26. The van der Waals surface area contributed by atoms with E-state index in [1.54, 1.807) is 7.11 Å². The number of nitrogens with zero attached hydrogens (tertiary/aromatic N) is 2. The van der Waals surface area contributed by atoms with Crippen LogP contribution in [0.1, 0.15) is 57.2 Å². The topological polar surface area (TPSA) is 177 Å². The molecular formula is C34H36Cl2F2N4O10S. The molecule has 0 bridgehead atoms. The van der Waals surface area contributed by atoms with Crippen molar-refractivity contribution in [1.29, 1.82) is 0 Å². The number of sulfonamides is 1. The van der Waals surface area contributed by atoms with E-state index in [0.29, 0.717) is 35.7 Å². The number of nitrogens with one attached hydrogen (secondary N) is 2. The molecule has 1 aliphatic carbocycles. The second kappa shape index (κ2) is 17.7. The van der Waals surface area contributed by atoms with E-state index in [1.165, 1.54) is 36.4 Å². The number of amides is 2. The molecule has 3 aromatic rings. The van der Waals surface area contributed by atoms with Gasteiger partial charge < -0.3 is 29.5 Å². The van der Waals surface area contributed by atoms with Gasteiger partial charge in [-0.3, -0.25) is 24.0 Å². The number of ether oxygens (including phenoxy) is 4. The van der Waals surface area contributed by atoms with E-state index >= 15 is 0 Å². The van der Waals surface area contributed by atoms with Crippen LogP contribution in [0.3, 0.4) is 0 Å². The highest BCUT2D eigenvalue weighted by molar-refractivity contribution is 7.92. The van der Waals surface area contributed by atoms with Crippen LogP contribution in [0.15, 0.2) is 48.8 Å². The molecule has 2 N–H and O–H groups in total. The normalized spacial score (nSPS) is 14.7. The molecule has 1 fully saturated rings. The van der Waals surface area contributed by atoms with E-state index in [-0.39, 0.29) is 74.2 Å². The number of anilines is 1. The van der Waals surface area contributed by atoms with Crippen LogP contribution in [0.4, 0.5) is 14.5 Å². The first-order valence-electron chi connectivity index (χ1n) is 16.4. The van der Waals surface area contributed by atoms with Crippen LogP contribution in [-0.4, -0.2) is 83.4 Å². The van der Waals surface area contributed by atoms with Gasteiger partial charge in [0.15, 0.2) is 23.9 Å². The summed E-state index contributed by atoms with van der Waals surface area (Å²) >= 11 is 12.6. The molecule has 2 aliphatic rings. The number of imide groups is 1. The van der Waals surface area contributed by atoms with Gasteiger partial charge in [0, 0.05) is 31.3 Å². The molecule has 0 radical (unpaired) electrons. The summed E-state index contributed by atoms with van der Waals surface area (Å²) in [7, 11) is -2.24. The first-order chi connectivity index (χ1) is 25.2. The summed E-state index contributed by atoms with van der Waals surface area (Å²) in [6.07, 6.45) is 2.77. The Kier molecular flexibility index (Phi) is 13.3. The van der Waals surface area contributed by atoms with Gasteiger partial charge in [0.25, 0.3) is 11.8 Å². The van der Waals surface area contributed by atoms with Gasteiger partial charge in [-0.1, -0.05) is 29.3 Å². The Bertz CT molecular complexity index is 1930. The Labute approximate surface area is 313 Å². The maximum absolute atomic E-state index is 13.5. The monoisotopic (exact) mass is 800 g/mol. The van der Waals surface area contributed by atoms with Crippen LogP contribution in [0.25, 0.3) is 0 Å². The quantitative estimate of drug-likeness (QED) is 0.0541. The van der Waals surface area contributed by atoms with Gasteiger partial charge in [-0.15, -0.1) is 0 Å². The van der Waals surface area contributed by atoms with Gasteiger partial charge in [0.2, 0.25) is 10.0 Å². The molecule has 0 unspecified atom stereocenters. The minimum atomic E-state index is -3.80. The molecule has 19 heteroatoms. The Hall–Kier alpha value is -4.29. The van der Waals surface area contributed by atoms with E-state index in [0.717, 1.165) is 25.2 Å². The predicted molar refractivity (Wildman–Crippen MR) is 188 cm³/mol.